The third kappa shape index (κ3) is 3.06. The molecule has 0 fully saturated rings. The Morgan fingerprint density at radius 3 is 2.17 bits per heavy atom. The van der Waals surface area contributed by atoms with Gasteiger partial charge in [-0.1, -0.05) is 6.08 Å². The van der Waals surface area contributed by atoms with Crippen LogP contribution in [0.2, 0.25) is 0 Å². The zero-order valence-electron chi connectivity index (χ0n) is 9.57. The second-order valence-corrected chi connectivity index (χ2v) is 5.03. The SMILES string of the molecule is C=CC(OCC)C(CC(=O)O)(C(=O)O)S(=O)(=O)O. The van der Waals surface area contributed by atoms with E-state index < -0.39 is 39.3 Å². The summed E-state index contributed by atoms with van der Waals surface area (Å²) >= 11 is 0. The lowest BCUT2D eigenvalue weighted by atomic mass is 9.97. The van der Waals surface area contributed by atoms with Crippen molar-refractivity contribution in [1.29, 1.82) is 0 Å². The Labute approximate surface area is 104 Å². The van der Waals surface area contributed by atoms with Crippen LogP contribution in [-0.4, -0.2) is 52.6 Å². The summed E-state index contributed by atoms with van der Waals surface area (Å²) in [5.41, 5.74) is 0. The number of ether oxygens (including phenoxy) is 1. The molecular weight excluding hydrogens is 268 g/mol. The fourth-order valence-corrected chi connectivity index (χ4v) is 2.43. The van der Waals surface area contributed by atoms with Crippen molar-refractivity contribution in [2.75, 3.05) is 6.61 Å². The molecule has 104 valence electrons. The van der Waals surface area contributed by atoms with Gasteiger partial charge in [-0.05, 0) is 6.92 Å². The van der Waals surface area contributed by atoms with Crippen LogP contribution in [0, 0.1) is 0 Å². The van der Waals surface area contributed by atoms with Crippen molar-refractivity contribution >= 4 is 22.1 Å². The van der Waals surface area contributed by atoms with Crippen LogP contribution in [0.3, 0.4) is 0 Å². The maximum absolute atomic E-state index is 11.3. The van der Waals surface area contributed by atoms with E-state index in [-0.39, 0.29) is 6.61 Å². The van der Waals surface area contributed by atoms with E-state index in [1.54, 1.807) is 0 Å². The Hall–Kier alpha value is -1.45. The molecule has 0 spiro atoms. The molecule has 0 amide bonds. The van der Waals surface area contributed by atoms with Gasteiger partial charge in [0.2, 0.25) is 4.75 Å². The summed E-state index contributed by atoms with van der Waals surface area (Å²) in [6, 6.07) is 0. The second kappa shape index (κ2) is 5.94. The van der Waals surface area contributed by atoms with E-state index in [0.29, 0.717) is 0 Å². The van der Waals surface area contributed by atoms with E-state index in [2.05, 4.69) is 6.58 Å². The summed E-state index contributed by atoms with van der Waals surface area (Å²) in [7, 11) is -5.23. The molecule has 0 heterocycles. The zero-order chi connectivity index (χ0) is 14.6. The van der Waals surface area contributed by atoms with Crippen LogP contribution in [0.25, 0.3) is 0 Å². The minimum Gasteiger partial charge on any atom is -0.481 e. The molecule has 9 heteroatoms. The van der Waals surface area contributed by atoms with E-state index >= 15 is 0 Å². The first-order valence-electron chi connectivity index (χ1n) is 4.79. The molecule has 0 aromatic heterocycles. The highest BCUT2D eigenvalue weighted by atomic mass is 32.2. The number of rotatable bonds is 8. The van der Waals surface area contributed by atoms with Crippen LogP contribution in [0.1, 0.15) is 13.3 Å². The van der Waals surface area contributed by atoms with Crippen LogP contribution in [0.4, 0.5) is 0 Å². The molecule has 0 saturated carbocycles. The molecule has 2 atom stereocenters. The Bertz CT molecular complexity index is 439. The Kier molecular flexibility index (Phi) is 5.46. The molecule has 8 nitrogen and oxygen atoms in total. The summed E-state index contributed by atoms with van der Waals surface area (Å²) in [6.07, 6.45) is -2.21. The van der Waals surface area contributed by atoms with Crippen LogP contribution >= 0.6 is 0 Å². The van der Waals surface area contributed by atoms with E-state index in [9.17, 15) is 18.0 Å². The number of hydrogen-bond acceptors (Lipinski definition) is 5. The molecular formula is C9H14O8S. The highest BCUT2D eigenvalue weighted by Gasteiger charge is 2.58. The zero-order valence-corrected chi connectivity index (χ0v) is 10.4. The number of carboxylic acids is 2. The van der Waals surface area contributed by atoms with Crippen molar-refractivity contribution in [3.63, 3.8) is 0 Å². The Balaban J connectivity index is 5.98. The molecule has 0 bridgehead atoms. The highest BCUT2D eigenvalue weighted by molar-refractivity contribution is 7.88. The molecule has 18 heavy (non-hydrogen) atoms. The van der Waals surface area contributed by atoms with Crippen molar-refractivity contribution in [2.24, 2.45) is 0 Å². The molecule has 0 aromatic rings. The van der Waals surface area contributed by atoms with Gasteiger partial charge in [0.25, 0.3) is 10.1 Å². The first-order chi connectivity index (χ1) is 8.13. The molecule has 0 aromatic carbocycles. The smallest absolute Gasteiger partial charge is 0.331 e. The van der Waals surface area contributed by atoms with E-state index in [0.717, 1.165) is 6.08 Å². The quantitative estimate of drug-likeness (QED) is 0.409. The van der Waals surface area contributed by atoms with Crippen molar-refractivity contribution in [3.8, 4) is 0 Å². The number of hydrogen-bond donors (Lipinski definition) is 3. The summed E-state index contributed by atoms with van der Waals surface area (Å²) in [4.78, 5) is 21.8. The Morgan fingerprint density at radius 1 is 1.44 bits per heavy atom. The first kappa shape index (κ1) is 16.6. The van der Waals surface area contributed by atoms with Crippen molar-refractivity contribution < 1.29 is 37.5 Å². The minimum atomic E-state index is -5.23. The molecule has 0 aliphatic carbocycles. The molecule has 0 aliphatic heterocycles. The van der Waals surface area contributed by atoms with Gasteiger partial charge in [-0.3, -0.25) is 14.1 Å². The van der Waals surface area contributed by atoms with Gasteiger partial charge in [0.1, 0.15) is 6.10 Å². The standard InChI is InChI=1S/C9H14O8S/c1-3-6(17-4-2)9(8(12)13,5-7(10)11)18(14,15)16/h3,6H,1,4-5H2,2H3,(H,10,11)(H,12,13)(H,14,15,16). The fraction of sp³-hybridized carbons (Fsp3) is 0.556. The predicted molar refractivity (Wildman–Crippen MR) is 59.8 cm³/mol. The highest BCUT2D eigenvalue weighted by Crippen LogP contribution is 2.29. The third-order valence-corrected chi connectivity index (χ3v) is 3.73. The molecule has 2 unspecified atom stereocenters. The molecule has 0 aliphatic rings. The summed E-state index contributed by atoms with van der Waals surface area (Å²) in [5.74, 6) is -3.73. The topological polar surface area (TPSA) is 138 Å². The van der Waals surface area contributed by atoms with E-state index in [1.807, 2.05) is 0 Å². The monoisotopic (exact) mass is 282 g/mol. The first-order valence-corrected chi connectivity index (χ1v) is 6.23. The lowest BCUT2D eigenvalue weighted by Crippen LogP contribution is -2.57. The second-order valence-electron chi connectivity index (χ2n) is 3.35. The van der Waals surface area contributed by atoms with Crippen molar-refractivity contribution in [3.05, 3.63) is 12.7 Å². The van der Waals surface area contributed by atoms with Crippen LogP contribution in [0.5, 0.6) is 0 Å². The number of aliphatic carboxylic acids is 2. The van der Waals surface area contributed by atoms with Crippen LogP contribution in [0.15, 0.2) is 12.7 Å². The largest absolute Gasteiger partial charge is 0.481 e. The van der Waals surface area contributed by atoms with E-state index in [1.165, 1.54) is 6.92 Å². The predicted octanol–water partition coefficient (Wildman–Crippen LogP) is -0.237. The number of carbonyl (C=O) groups is 2. The van der Waals surface area contributed by atoms with E-state index in [4.69, 9.17) is 19.5 Å². The van der Waals surface area contributed by atoms with Gasteiger partial charge in [0.05, 0.1) is 6.42 Å². The minimum absolute atomic E-state index is 0.0825. The summed E-state index contributed by atoms with van der Waals surface area (Å²) in [6.45, 7) is 4.56. The third-order valence-electron chi connectivity index (χ3n) is 2.26. The van der Waals surface area contributed by atoms with Crippen LogP contribution < -0.4 is 0 Å². The Morgan fingerprint density at radius 2 is 1.94 bits per heavy atom. The average Bonchev–Trinajstić information content (AvgIpc) is 2.20. The number of carboxylic acid groups (broad SMARTS) is 2. The maximum atomic E-state index is 11.3. The van der Waals surface area contributed by atoms with Gasteiger partial charge in [-0.2, -0.15) is 8.42 Å². The van der Waals surface area contributed by atoms with Crippen LogP contribution in [-0.2, 0) is 24.4 Å². The van der Waals surface area contributed by atoms with Gasteiger partial charge in [-0.25, -0.2) is 0 Å². The average molecular weight is 282 g/mol. The van der Waals surface area contributed by atoms with Gasteiger partial charge in [0.15, 0.2) is 0 Å². The van der Waals surface area contributed by atoms with Gasteiger partial charge < -0.3 is 14.9 Å². The van der Waals surface area contributed by atoms with Gasteiger partial charge in [0, 0.05) is 6.61 Å². The van der Waals surface area contributed by atoms with Crippen molar-refractivity contribution in [1.82, 2.24) is 0 Å². The summed E-state index contributed by atoms with van der Waals surface area (Å²) < 4.78 is 33.5. The maximum Gasteiger partial charge on any atom is 0.331 e. The molecule has 0 rings (SSSR count). The lowest BCUT2D eigenvalue weighted by Gasteiger charge is -2.30. The lowest BCUT2D eigenvalue weighted by molar-refractivity contribution is -0.150. The molecule has 0 radical (unpaired) electrons. The molecule has 0 saturated heterocycles. The fourth-order valence-electron chi connectivity index (χ4n) is 1.44. The summed E-state index contributed by atoms with van der Waals surface area (Å²) in [5, 5.41) is 17.7. The normalized spacial score (nSPS) is 16.6. The van der Waals surface area contributed by atoms with Crippen molar-refractivity contribution in [2.45, 2.75) is 24.2 Å². The molecule has 3 N–H and O–H groups in total. The van der Waals surface area contributed by atoms with Gasteiger partial charge >= 0.3 is 11.9 Å². The van der Waals surface area contributed by atoms with Gasteiger partial charge in [-0.15, -0.1) is 6.58 Å².